The maximum absolute atomic E-state index is 12.8. The van der Waals surface area contributed by atoms with E-state index in [4.69, 9.17) is 4.74 Å². The summed E-state index contributed by atoms with van der Waals surface area (Å²) in [5, 5.41) is 7.85. The Balaban J connectivity index is 1.77. The van der Waals surface area contributed by atoms with E-state index >= 15 is 0 Å². The molecule has 0 aliphatic carbocycles. The standard InChI is InChI=1S/C24H27N3O4/c1-3-5-10-15-27-23(29)19-13-8-7-12-18(19)22(26-27)24(30)31-16-21(28)25-20-14-9-6-11-17(20)4-2/h6-9,11-14H,3-5,10,15-16H2,1-2H3,(H,25,28). The van der Waals surface area contributed by atoms with Gasteiger partial charge in [-0.05, 0) is 30.5 Å². The van der Waals surface area contributed by atoms with E-state index in [0.717, 1.165) is 31.2 Å². The maximum Gasteiger partial charge on any atom is 0.359 e. The van der Waals surface area contributed by atoms with Gasteiger partial charge in [-0.25, -0.2) is 9.48 Å². The van der Waals surface area contributed by atoms with Gasteiger partial charge in [0.05, 0.1) is 5.39 Å². The van der Waals surface area contributed by atoms with Crippen LogP contribution in [0.3, 0.4) is 0 Å². The second-order valence-corrected chi connectivity index (χ2v) is 7.26. The topological polar surface area (TPSA) is 90.3 Å². The Bertz CT molecular complexity index is 1140. The summed E-state index contributed by atoms with van der Waals surface area (Å²) in [7, 11) is 0. The first kappa shape index (κ1) is 22.2. The highest BCUT2D eigenvalue weighted by molar-refractivity contribution is 6.03. The fourth-order valence-corrected chi connectivity index (χ4v) is 3.39. The number of unbranched alkanes of at least 4 members (excludes halogenated alkanes) is 2. The number of hydrogen-bond acceptors (Lipinski definition) is 5. The van der Waals surface area contributed by atoms with Gasteiger partial charge in [0.1, 0.15) is 0 Å². The summed E-state index contributed by atoms with van der Waals surface area (Å²) in [6.45, 7) is 4.05. The van der Waals surface area contributed by atoms with Crippen molar-refractivity contribution in [2.24, 2.45) is 0 Å². The second-order valence-electron chi connectivity index (χ2n) is 7.26. The molecule has 0 unspecified atom stereocenters. The van der Waals surface area contributed by atoms with E-state index in [-0.39, 0.29) is 11.3 Å². The van der Waals surface area contributed by atoms with E-state index in [1.165, 1.54) is 4.68 Å². The average Bonchev–Trinajstić information content (AvgIpc) is 2.79. The van der Waals surface area contributed by atoms with Gasteiger partial charge >= 0.3 is 5.97 Å². The van der Waals surface area contributed by atoms with E-state index < -0.39 is 18.5 Å². The third-order valence-electron chi connectivity index (χ3n) is 5.04. The number of aromatic nitrogens is 2. The van der Waals surface area contributed by atoms with Crippen LogP contribution in [0.4, 0.5) is 5.69 Å². The van der Waals surface area contributed by atoms with Crippen LogP contribution in [-0.2, 0) is 22.5 Å². The summed E-state index contributed by atoms with van der Waals surface area (Å²) in [4.78, 5) is 37.8. The van der Waals surface area contributed by atoms with Crippen LogP contribution in [0.5, 0.6) is 0 Å². The number of nitrogens with zero attached hydrogens (tertiary/aromatic N) is 2. The molecule has 0 radical (unpaired) electrons. The van der Waals surface area contributed by atoms with Crippen LogP contribution in [-0.4, -0.2) is 28.3 Å². The Morgan fingerprint density at radius 2 is 1.71 bits per heavy atom. The summed E-state index contributed by atoms with van der Waals surface area (Å²) >= 11 is 0. The molecule has 3 rings (SSSR count). The number of aryl methyl sites for hydroxylation is 2. The minimum absolute atomic E-state index is 0.0356. The first-order chi connectivity index (χ1) is 15.0. The van der Waals surface area contributed by atoms with Gasteiger partial charge in [0.15, 0.2) is 12.3 Å². The minimum atomic E-state index is -0.737. The Kier molecular flexibility index (Phi) is 7.54. The summed E-state index contributed by atoms with van der Waals surface area (Å²) in [6.07, 6.45) is 3.52. The molecule has 0 bridgehead atoms. The number of carbonyl (C=O) groups excluding carboxylic acids is 2. The molecule has 2 aromatic carbocycles. The van der Waals surface area contributed by atoms with Crippen LogP contribution in [0, 0.1) is 0 Å². The molecule has 0 aliphatic heterocycles. The highest BCUT2D eigenvalue weighted by Gasteiger charge is 2.19. The summed E-state index contributed by atoms with van der Waals surface area (Å²) in [5.74, 6) is -1.17. The average molecular weight is 421 g/mol. The number of esters is 1. The maximum atomic E-state index is 12.8. The van der Waals surface area contributed by atoms with Crippen LogP contribution in [0.15, 0.2) is 53.3 Å². The SMILES string of the molecule is CCCCCn1nc(C(=O)OCC(=O)Nc2ccccc2CC)c2ccccc2c1=O. The smallest absolute Gasteiger partial charge is 0.359 e. The lowest BCUT2D eigenvalue weighted by Crippen LogP contribution is -2.28. The molecule has 0 spiro atoms. The Morgan fingerprint density at radius 1 is 1.00 bits per heavy atom. The number of ether oxygens (including phenoxy) is 1. The number of nitrogens with one attached hydrogen (secondary N) is 1. The van der Waals surface area contributed by atoms with Gasteiger partial charge in [0, 0.05) is 17.6 Å². The van der Waals surface area contributed by atoms with Crippen molar-refractivity contribution in [1.29, 1.82) is 0 Å². The van der Waals surface area contributed by atoms with Gasteiger partial charge in [-0.1, -0.05) is 63.1 Å². The molecule has 1 aromatic heterocycles. The third kappa shape index (κ3) is 5.36. The fourth-order valence-electron chi connectivity index (χ4n) is 3.39. The Morgan fingerprint density at radius 3 is 2.45 bits per heavy atom. The van der Waals surface area contributed by atoms with E-state index in [1.807, 2.05) is 25.1 Å². The molecule has 0 saturated carbocycles. The van der Waals surface area contributed by atoms with Crippen molar-refractivity contribution in [3.63, 3.8) is 0 Å². The molecular formula is C24H27N3O4. The van der Waals surface area contributed by atoms with E-state index in [1.54, 1.807) is 30.3 Å². The molecule has 0 saturated heterocycles. The molecule has 7 heteroatoms. The number of benzene rings is 2. The number of fused-ring (bicyclic) bond motifs is 1. The molecule has 0 fully saturated rings. The first-order valence-electron chi connectivity index (χ1n) is 10.6. The molecule has 0 atom stereocenters. The van der Waals surface area contributed by atoms with Crippen LogP contribution in [0.1, 0.15) is 49.2 Å². The second kappa shape index (κ2) is 10.5. The molecule has 31 heavy (non-hydrogen) atoms. The molecule has 7 nitrogen and oxygen atoms in total. The largest absolute Gasteiger partial charge is 0.451 e. The zero-order valence-electron chi connectivity index (χ0n) is 17.9. The number of hydrogen-bond donors (Lipinski definition) is 1. The van der Waals surface area contributed by atoms with E-state index in [2.05, 4.69) is 17.3 Å². The molecule has 1 N–H and O–H groups in total. The fraction of sp³-hybridized carbons (Fsp3) is 0.333. The van der Waals surface area contributed by atoms with Crippen LogP contribution in [0.2, 0.25) is 0 Å². The van der Waals surface area contributed by atoms with Crippen LogP contribution in [0.25, 0.3) is 10.8 Å². The normalized spacial score (nSPS) is 10.8. The highest BCUT2D eigenvalue weighted by Crippen LogP contribution is 2.16. The Hall–Kier alpha value is -3.48. The van der Waals surface area contributed by atoms with E-state index in [9.17, 15) is 14.4 Å². The zero-order valence-corrected chi connectivity index (χ0v) is 17.9. The van der Waals surface area contributed by atoms with Crippen molar-refractivity contribution in [1.82, 2.24) is 9.78 Å². The summed E-state index contributed by atoms with van der Waals surface area (Å²) in [5.41, 5.74) is 1.48. The van der Waals surface area contributed by atoms with Gasteiger partial charge in [0.25, 0.3) is 11.5 Å². The van der Waals surface area contributed by atoms with E-state index in [0.29, 0.717) is 23.0 Å². The molecule has 1 amide bonds. The Labute approximate surface area is 181 Å². The quantitative estimate of drug-likeness (QED) is 0.417. The number of amides is 1. The third-order valence-corrected chi connectivity index (χ3v) is 5.04. The van der Waals surface area contributed by atoms with Gasteiger partial charge in [-0.15, -0.1) is 0 Å². The summed E-state index contributed by atoms with van der Waals surface area (Å²) in [6, 6.07) is 14.3. The molecule has 162 valence electrons. The van der Waals surface area contributed by atoms with Gasteiger partial charge < -0.3 is 10.1 Å². The van der Waals surface area contributed by atoms with Gasteiger partial charge in [0.2, 0.25) is 0 Å². The van der Waals surface area contributed by atoms with Crippen molar-refractivity contribution in [2.75, 3.05) is 11.9 Å². The zero-order chi connectivity index (χ0) is 22.2. The number of rotatable bonds is 9. The van der Waals surface area contributed by atoms with Crippen molar-refractivity contribution in [3.05, 3.63) is 70.1 Å². The predicted molar refractivity (Wildman–Crippen MR) is 120 cm³/mol. The lowest BCUT2D eigenvalue weighted by atomic mass is 10.1. The summed E-state index contributed by atoms with van der Waals surface area (Å²) < 4.78 is 6.55. The van der Waals surface area contributed by atoms with Gasteiger partial charge in [-0.2, -0.15) is 5.10 Å². The predicted octanol–water partition coefficient (Wildman–Crippen LogP) is 3.94. The highest BCUT2D eigenvalue weighted by atomic mass is 16.5. The monoisotopic (exact) mass is 421 g/mol. The molecule has 3 aromatic rings. The van der Waals surface area contributed by atoms with Gasteiger partial charge in [-0.3, -0.25) is 9.59 Å². The van der Waals surface area contributed by atoms with Crippen LogP contribution < -0.4 is 10.9 Å². The number of para-hydroxylation sites is 1. The molecular weight excluding hydrogens is 394 g/mol. The van der Waals surface area contributed by atoms with Crippen molar-refractivity contribution in [2.45, 2.75) is 46.1 Å². The molecule has 1 heterocycles. The number of anilines is 1. The molecule has 0 aliphatic rings. The lowest BCUT2D eigenvalue weighted by Gasteiger charge is -2.12. The first-order valence-corrected chi connectivity index (χ1v) is 10.6. The minimum Gasteiger partial charge on any atom is -0.451 e. The number of carbonyl (C=O) groups is 2. The van der Waals surface area contributed by atoms with Crippen molar-refractivity contribution < 1.29 is 14.3 Å². The van der Waals surface area contributed by atoms with Crippen molar-refractivity contribution in [3.8, 4) is 0 Å². The van der Waals surface area contributed by atoms with Crippen LogP contribution >= 0.6 is 0 Å². The lowest BCUT2D eigenvalue weighted by molar-refractivity contribution is -0.119. The van der Waals surface area contributed by atoms with Crippen molar-refractivity contribution >= 4 is 28.3 Å².